The second-order valence-electron chi connectivity index (χ2n) is 5.18. The maximum Gasteiger partial charge on any atom is 0.337 e. The van der Waals surface area contributed by atoms with Crippen LogP contribution in [0.2, 0.25) is 0 Å². The Morgan fingerprint density at radius 1 is 0.593 bits per heavy atom. The van der Waals surface area contributed by atoms with Crippen molar-refractivity contribution in [2.45, 2.75) is 0 Å². The van der Waals surface area contributed by atoms with E-state index in [1.807, 2.05) is 6.07 Å². The second-order valence-corrected chi connectivity index (χ2v) is 5.18. The van der Waals surface area contributed by atoms with Crippen LogP contribution >= 0.6 is 0 Å². The predicted molar refractivity (Wildman–Crippen MR) is 99.1 cm³/mol. The summed E-state index contributed by atoms with van der Waals surface area (Å²) in [6.07, 6.45) is 0. The molecule has 0 amide bonds. The molecule has 0 bridgehead atoms. The predicted octanol–water partition coefficient (Wildman–Crippen LogP) is 4.89. The molecular formula is C20H16N2O5. The van der Waals surface area contributed by atoms with Crippen molar-refractivity contribution in [1.29, 1.82) is 0 Å². The molecular weight excluding hydrogens is 348 g/mol. The minimum absolute atomic E-state index is 0.00376. The number of azo groups is 1. The SMILES string of the molecule is O=C(O)c1ccccc1N=Nc1ccccc1C(=O)O.Oc1ccccc1. The van der Waals surface area contributed by atoms with Crippen molar-refractivity contribution in [2.24, 2.45) is 10.2 Å². The molecule has 7 nitrogen and oxygen atoms in total. The number of para-hydroxylation sites is 1. The lowest BCUT2D eigenvalue weighted by Crippen LogP contribution is -1.96. The van der Waals surface area contributed by atoms with Crippen molar-refractivity contribution in [1.82, 2.24) is 0 Å². The fourth-order valence-electron chi connectivity index (χ4n) is 2.02. The van der Waals surface area contributed by atoms with Gasteiger partial charge in [0.2, 0.25) is 0 Å². The number of carboxylic acid groups (broad SMARTS) is 2. The van der Waals surface area contributed by atoms with Crippen LogP contribution in [0.15, 0.2) is 89.1 Å². The van der Waals surface area contributed by atoms with Gasteiger partial charge in [-0.25, -0.2) is 9.59 Å². The van der Waals surface area contributed by atoms with Crippen LogP contribution in [0.4, 0.5) is 11.4 Å². The summed E-state index contributed by atoms with van der Waals surface area (Å²) in [7, 11) is 0. The molecule has 3 N–H and O–H groups in total. The highest BCUT2D eigenvalue weighted by Crippen LogP contribution is 2.24. The number of aromatic hydroxyl groups is 1. The molecule has 0 radical (unpaired) electrons. The first-order chi connectivity index (χ1) is 13.0. The smallest absolute Gasteiger partial charge is 0.337 e. The number of carboxylic acids is 2. The van der Waals surface area contributed by atoms with E-state index in [0.29, 0.717) is 5.75 Å². The Morgan fingerprint density at radius 3 is 1.30 bits per heavy atom. The molecule has 0 saturated carbocycles. The lowest BCUT2D eigenvalue weighted by Gasteiger charge is -2.00. The van der Waals surface area contributed by atoms with Gasteiger partial charge in [-0.2, -0.15) is 0 Å². The van der Waals surface area contributed by atoms with Crippen LogP contribution in [0.3, 0.4) is 0 Å². The van der Waals surface area contributed by atoms with Gasteiger partial charge in [0.25, 0.3) is 0 Å². The Morgan fingerprint density at radius 2 is 0.963 bits per heavy atom. The quantitative estimate of drug-likeness (QED) is 0.569. The molecule has 136 valence electrons. The summed E-state index contributed by atoms with van der Waals surface area (Å²) in [5.41, 5.74) is 0.341. The molecule has 0 fully saturated rings. The van der Waals surface area contributed by atoms with Crippen molar-refractivity contribution < 1.29 is 24.9 Å². The molecule has 0 heterocycles. The zero-order valence-corrected chi connectivity index (χ0v) is 14.1. The van der Waals surface area contributed by atoms with Gasteiger partial charge in [0.15, 0.2) is 0 Å². The summed E-state index contributed by atoms with van der Waals surface area (Å²) in [6.45, 7) is 0. The molecule has 0 aromatic heterocycles. The summed E-state index contributed by atoms with van der Waals surface area (Å²) < 4.78 is 0. The van der Waals surface area contributed by atoms with Crippen LogP contribution in [-0.2, 0) is 0 Å². The van der Waals surface area contributed by atoms with Crippen LogP contribution in [0, 0.1) is 0 Å². The van der Waals surface area contributed by atoms with Crippen LogP contribution in [0.5, 0.6) is 5.75 Å². The van der Waals surface area contributed by atoms with Crippen molar-refractivity contribution in [2.75, 3.05) is 0 Å². The number of rotatable bonds is 4. The van der Waals surface area contributed by atoms with Crippen molar-refractivity contribution in [3.8, 4) is 5.75 Å². The van der Waals surface area contributed by atoms with Crippen molar-refractivity contribution in [3.63, 3.8) is 0 Å². The molecule has 0 spiro atoms. The molecule has 0 atom stereocenters. The number of nitrogens with zero attached hydrogens (tertiary/aromatic N) is 2. The average Bonchev–Trinajstić information content (AvgIpc) is 2.68. The third-order valence-electron chi connectivity index (χ3n) is 3.29. The van der Waals surface area contributed by atoms with E-state index >= 15 is 0 Å². The van der Waals surface area contributed by atoms with Gasteiger partial charge < -0.3 is 15.3 Å². The molecule has 0 unspecified atom stereocenters. The largest absolute Gasteiger partial charge is 0.508 e. The zero-order valence-electron chi connectivity index (χ0n) is 14.1. The summed E-state index contributed by atoms with van der Waals surface area (Å²) in [4.78, 5) is 22.0. The van der Waals surface area contributed by atoms with E-state index < -0.39 is 11.9 Å². The van der Waals surface area contributed by atoms with Gasteiger partial charge in [0, 0.05) is 0 Å². The van der Waals surface area contributed by atoms with E-state index in [0.717, 1.165) is 0 Å². The topological polar surface area (TPSA) is 120 Å². The van der Waals surface area contributed by atoms with Gasteiger partial charge >= 0.3 is 11.9 Å². The fraction of sp³-hybridized carbons (Fsp3) is 0. The molecule has 0 aliphatic heterocycles. The van der Waals surface area contributed by atoms with Crippen molar-refractivity contribution in [3.05, 3.63) is 90.0 Å². The van der Waals surface area contributed by atoms with E-state index in [1.54, 1.807) is 48.5 Å². The normalized spacial score (nSPS) is 10.1. The van der Waals surface area contributed by atoms with Gasteiger partial charge in [0.1, 0.15) is 17.1 Å². The van der Waals surface area contributed by atoms with E-state index in [9.17, 15) is 9.59 Å². The number of hydrogen-bond acceptors (Lipinski definition) is 5. The lowest BCUT2D eigenvalue weighted by molar-refractivity contribution is 0.0686. The Bertz CT molecular complexity index is 896. The van der Waals surface area contributed by atoms with Crippen molar-refractivity contribution >= 4 is 23.3 Å². The molecule has 0 aliphatic rings. The number of aromatic carboxylic acids is 2. The average molecular weight is 364 g/mol. The maximum absolute atomic E-state index is 11.0. The number of carbonyl (C=O) groups is 2. The number of phenols is 1. The Balaban J connectivity index is 0.000000313. The van der Waals surface area contributed by atoms with Crippen LogP contribution in [0.1, 0.15) is 20.7 Å². The van der Waals surface area contributed by atoms with E-state index in [2.05, 4.69) is 10.2 Å². The Hall–Kier alpha value is -4.00. The monoisotopic (exact) mass is 364 g/mol. The van der Waals surface area contributed by atoms with Gasteiger partial charge in [-0.15, -0.1) is 10.2 Å². The number of hydrogen-bond donors (Lipinski definition) is 3. The minimum Gasteiger partial charge on any atom is -0.508 e. The van der Waals surface area contributed by atoms with Gasteiger partial charge in [-0.1, -0.05) is 42.5 Å². The van der Waals surface area contributed by atoms with Gasteiger partial charge in [-0.3, -0.25) is 0 Å². The Labute approximate surface area is 154 Å². The Kier molecular flexibility index (Phi) is 6.78. The summed E-state index contributed by atoms with van der Waals surface area (Å²) in [5.74, 6) is -1.92. The first-order valence-corrected chi connectivity index (χ1v) is 7.79. The minimum atomic E-state index is -1.12. The summed E-state index contributed by atoms with van der Waals surface area (Å²) in [5, 5.41) is 34.3. The van der Waals surface area contributed by atoms with E-state index in [4.69, 9.17) is 15.3 Å². The molecule has 3 aromatic rings. The third-order valence-corrected chi connectivity index (χ3v) is 3.29. The lowest BCUT2D eigenvalue weighted by atomic mass is 10.2. The maximum atomic E-state index is 11.0. The summed E-state index contributed by atoms with van der Waals surface area (Å²) in [6, 6.07) is 20.9. The number of phenolic OH excluding ortho intramolecular Hbond substituents is 1. The number of benzene rings is 3. The standard InChI is InChI=1S/C14H10N2O4.C6H6O/c17-13(18)9-5-1-3-7-11(9)15-16-12-8-4-2-6-10(12)14(19)20;7-6-4-2-1-3-5-6/h1-8H,(H,17,18)(H,19,20);1-5,7H. The molecule has 0 saturated heterocycles. The van der Waals surface area contributed by atoms with Crippen LogP contribution < -0.4 is 0 Å². The zero-order chi connectivity index (χ0) is 19.6. The van der Waals surface area contributed by atoms with Gasteiger partial charge in [0.05, 0.1) is 11.1 Å². The molecule has 3 rings (SSSR count). The highest BCUT2D eigenvalue weighted by Gasteiger charge is 2.10. The molecule has 7 heteroatoms. The summed E-state index contributed by atoms with van der Waals surface area (Å²) >= 11 is 0. The highest BCUT2D eigenvalue weighted by molar-refractivity contribution is 5.94. The fourth-order valence-corrected chi connectivity index (χ4v) is 2.02. The molecule has 3 aromatic carbocycles. The van der Waals surface area contributed by atoms with Crippen LogP contribution in [0.25, 0.3) is 0 Å². The third kappa shape index (κ3) is 5.79. The first-order valence-electron chi connectivity index (χ1n) is 7.79. The van der Waals surface area contributed by atoms with E-state index in [-0.39, 0.29) is 22.5 Å². The van der Waals surface area contributed by atoms with Gasteiger partial charge in [-0.05, 0) is 36.4 Å². The molecule has 27 heavy (non-hydrogen) atoms. The molecule has 0 aliphatic carbocycles. The first kappa shape index (κ1) is 19.3. The van der Waals surface area contributed by atoms with Crippen LogP contribution in [-0.4, -0.2) is 27.3 Å². The highest BCUT2D eigenvalue weighted by atomic mass is 16.4. The second kappa shape index (κ2) is 9.47. The van der Waals surface area contributed by atoms with E-state index in [1.165, 1.54) is 24.3 Å².